The van der Waals surface area contributed by atoms with Gasteiger partial charge in [-0.3, -0.25) is 9.36 Å². The molecule has 148 valence electrons. The van der Waals surface area contributed by atoms with Gasteiger partial charge in [-0.2, -0.15) is 4.52 Å². The summed E-state index contributed by atoms with van der Waals surface area (Å²) < 4.78 is 8.67. The molecule has 1 atom stereocenters. The van der Waals surface area contributed by atoms with Gasteiger partial charge in [0.25, 0.3) is 5.56 Å². The van der Waals surface area contributed by atoms with Crippen LogP contribution in [0, 0.1) is 0 Å². The summed E-state index contributed by atoms with van der Waals surface area (Å²) in [5.74, 6) is 1.58. The molecular weight excluding hydrogens is 370 g/mol. The Morgan fingerprint density at radius 1 is 1.21 bits per heavy atom. The van der Waals surface area contributed by atoms with Crippen LogP contribution in [-0.4, -0.2) is 49.6 Å². The molecular formula is C20H21N7O2. The van der Waals surface area contributed by atoms with Crippen LogP contribution >= 0.6 is 0 Å². The quantitative estimate of drug-likeness (QED) is 0.512. The second-order valence-electron chi connectivity index (χ2n) is 7.11. The molecule has 4 heterocycles. The molecule has 0 aliphatic carbocycles. The van der Waals surface area contributed by atoms with Crippen LogP contribution in [0.15, 0.2) is 47.5 Å². The zero-order valence-corrected chi connectivity index (χ0v) is 16.1. The van der Waals surface area contributed by atoms with Crippen LogP contribution in [0.5, 0.6) is 0 Å². The van der Waals surface area contributed by atoms with Crippen molar-refractivity contribution in [2.24, 2.45) is 0 Å². The highest BCUT2D eigenvalue weighted by Gasteiger charge is 2.31. The molecule has 1 aromatic carbocycles. The summed E-state index contributed by atoms with van der Waals surface area (Å²) in [7, 11) is 1.64. The Labute approximate surface area is 166 Å². The fourth-order valence-corrected chi connectivity index (χ4v) is 4.02. The standard InChI is InChI=1S/C20H21N7O2/c1-29-12-11-26-19(22-15-6-3-2-5-14(15)20(26)28)16-7-4-10-25(16)18-9-8-17-23-21-13-27(17)24-18/h2-3,5-6,8-9,13,16H,4,7,10-12H2,1H3. The van der Waals surface area contributed by atoms with Gasteiger partial charge in [-0.15, -0.1) is 15.3 Å². The topological polar surface area (TPSA) is 90.4 Å². The van der Waals surface area contributed by atoms with E-state index >= 15 is 0 Å². The first kappa shape index (κ1) is 17.7. The number of ether oxygens (including phenoxy) is 1. The van der Waals surface area contributed by atoms with E-state index in [9.17, 15) is 4.79 Å². The SMILES string of the molecule is COCCn1c(C2CCCN2c2ccc3nncn3n2)nc2ccccc2c1=O. The zero-order chi connectivity index (χ0) is 19.8. The van der Waals surface area contributed by atoms with E-state index in [0.29, 0.717) is 24.2 Å². The number of hydrogen-bond acceptors (Lipinski definition) is 7. The molecule has 4 aromatic rings. The van der Waals surface area contributed by atoms with Crippen molar-refractivity contribution in [1.29, 1.82) is 0 Å². The molecule has 1 aliphatic heterocycles. The first-order valence-electron chi connectivity index (χ1n) is 9.68. The number of rotatable bonds is 5. The lowest BCUT2D eigenvalue weighted by Crippen LogP contribution is -2.33. The summed E-state index contributed by atoms with van der Waals surface area (Å²) in [5, 5.41) is 13.2. The van der Waals surface area contributed by atoms with Crippen molar-refractivity contribution >= 4 is 22.4 Å². The molecule has 0 N–H and O–H groups in total. The largest absolute Gasteiger partial charge is 0.383 e. The molecule has 0 radical (unpaired) electrons. The monoisotopic (exact) mass is 391 g/mol. The summed E-state index contributed by atoms with van der Waals surface area (Å²) in [6.45, 7) is 1.76. The molecule has 0 spiro atoms. The van der Waals surface area contributed by atoms with Crippen molar-refractivity contribution in [1.82, 2.24) is 29.4 Å². The number of anilines is 1. The molecule has 9 heteroatoms. The second kappa shape index (κ2) is 7.25. The van der Waals surface area contributed by atoms with Crippen molar-refractivity contribution in [2.45, 2.75) is 25.4 Å². The Kier molecular flexibility index (Phi) is 4.44. The number of methoxy groups -OCH3 is 1. The maximum absolute atomic E-state index is 13.2. The first-order valence-corrected chi connectivity index (χ1v) is 9.68. The lowest BCUT2D eigenvalue weighted by molar-refractivity contribution is 0.184. The first-order chi connectivity index (χ1) is 14.3. The highest BCUT2D eigenvalue weighted by molar-refractivity contribution is 5.77. The Balaban J connectivity index is 1.63. The molecule has 5 rings (SSSR count). The third-order valence-electron chi connectivity index (χ3n) is 5.40. The lowest BCUT2D eigenvalue weighted by atomic mass is 10.1. The van der Waals surface area contributed by atoms with Gasteiger partial charge >= 0.3 is 0 Å². The molecule has 3 aromatic heterocycles. The van der Waals surface area contributed by atoms with Gasteiger partial charge in [0, 0.05) is 13.7 Å². The molecule has 1 saturated heterocycles. The number of nitrogens with zero attached hydrogens (tertiary/aromatic N) is 7. The minimum atomic E-state index is -0.0365. The summed E-state index contributed by atoms with van der Waals surface area (Å²) in [6, 6.07) is 11.3. The van der Waals surface area contributed by atoms with Crippen molar-refractivity contribution < 1.29 is 4.74 Å². The predicted octanol–water partition coefficient (Wildman–Crippen LogP) is 1.82. The number of fused-ring (bicyclic) bond motifs is 2. The fraction of sp³-hybridized carbons (Fsp3) is 0.350. The molecule has 9 nitrogen and oxygen atoms in total. The van der Waals surface area contributed by atoms with Gasteiger partial charge in [0.05, 0.1) is 30.1 Å². The smallest absolute Gasteiger partial charge is 0.261 e. The Bertz CT molecular complexity index is 1230. The van der Waals surface area contributed by atoms with Crippen molar-refractivity contribution in [3.05, 3.63) is 58.9 Å². The number of para-hydroxylation sites is 1. The predicted molar refractivity (Wildman–Crippen MR) is 108 cm³/mol. The van der Waals surface area contributed by atoms with Crippen molar-refractivity contribution in [2.75, 3.05) is 25.2 Å². The van der Waals surface area contributed by atoms with Crippen LogP contribution in [0.3, 0.4) is 0 Å². The molecule has 1 aliphatic rings. The van der Waals surface area contributed by atoms with Crippen LogP contribution in [0.1, 0.15) is 24.7 Å². The summed E-state index contributed by atoms with van der Waals surface area (Å²) in [4.78, 5) is 20.3. The van der Waals surface area contributed by atoms with Crippen LogP contribution in [0.2, 0.25) is 0 Å². The van der Waals surface area contributed by atoms with E-state index in [1.54, 1.807) is 22.5 Å². The van der Waals surface area contributed by atoms with Gasteiger partial charge in [-0.25, -0.2) is 4.98 Å². The lowest BCUT2D eigenvalue weighted by Gasteiger charge is -2.27. The zero-order valence-electron chi connectivity index (χ0n) is 16.1. The summed E-state index contributed by atoms with van der Waals surface area (Å²) in [6.07, 6.45) is 3.49. The van der Waals surface area contributed by atoms with Crippen LogP contribution in [0.25, 0.3) is 16.6 Å². The minimum Gasteiger partial charge on any atom is -0.383 e. The van der Waals surface area contributed by atoms with E-state index in [2.05, 4.69) is 20.2 Å². The average Bonchev–Trinajstić information content (AvgIpc) is 3.42. The second-order valence-corrected chi connectivity index (χ2v) is 7.11. The number of hydrogen-bond donors (Lipinski definition) is 0. The third kappa shape index (κ3) is 3.03. The van der Waals surface area contributed by atoms with Gasteiger partial charge in [-0.1, -0.05) is 12.1 Å². The van der Waals surface area contributed by atoms with Crippen LogP contribution in [0.4, 0.5) is 5.82 Å². The fourth-order valence-electron chi connectivity index (χ4n) is 4.02. The Hall–Kier alpha value is -3.33. The van der Waals surface area contributed by atoms with Crippen molar-refractivity contribution in [3.63, 3.8) is 0 Å². The third-order valence-corrected chi connectivity index (χ3v) is 5.40. The van der Waals surface area contributed by atoms with Crippen molar-refractivity contribution in [3.8, 4) is 0 Å². The normalized spacial score (nSPS) is 16.9. The van der Waals surface area contributed by atoms with E-state index in [1.165, 1.54) is 0 Å². The van der Waals surface area contributed by atoms with E-state index in [-0.39, 0.29) is 11.6 Å². The van der Waals surface area contributed by atoms with E-state index in [4.69, 9.17) is 9.72 Å². The highest BCUT2D eigenvalue weighted by atomic mass is 16.5. The van der Waals surface area contributed by atoms with Crippen LogP contribution in [-0.2, 0) is 11.3 Å². The molecule has 29 heavy (non-hydrogen) atoms. The number of aromatic nitrogens is 6. The van der Waals surface area contributed by atoms with Gasteiger partial charge in [0.2, 0.25) is 0 Å². The molecule has 0 bridgehead atoms. The average molecular weight is 391 g/mol. The maximum atomic E-state index is 13.2. The van der Waals surface area contributed by atoms with Gasteiger partial charge in [0.15, 0.2) is 5.65 Å². The molecule has 1 fully saturated rings. The molecule has 0 saturated carbocycles. The molecule has 0 amide bonds. The van der Waals surface area contributed by atoms with Gasteiger partial charge in [0.1, 0.15) is 18.0 Å². The minimum absolute atomic E-state index is 0.0308. The highest BCUT2D eigenvalue weighted by Crippen LogP contribution is 2.34. The van der Waals surface area contributed by atoms with Gasteiger partial charge < -0.3 is 9.64 Å². The van der Waals surface area contributed by atoms with E-state index in [1.807, 2.05) is 36.4 Å². The Morgan fingerprint density at radius 2 is 2.10 bits per heavy atom. The van der Waals surface area contributed by atoms with E-state index in [0.717, 1.165) is 36.5 Å². The Morgan fingerprint density at radius 3 is 3.00 bits per heavy atom. The summed E-state index contributed by atoms with van der Waals surface area (Å²) in [5.41, 5.74) is 1.39. The molecule has 1 unspecified atom stereocenters. The number of benzene rings is 1. The summed E-state index contributed by atoms with van der Waals surface area (Å²) >= 11 is 0. The maximum Gasteiger partial charge on any atom is 0.261 e. The van der Waals surface area contributed by atoms with E-state index < -0.39 is 0 Å². The van der Waals surface area contributed by atoms with Crippen LogP contribution < -0.4 is 10.5 Å². The van der Waals surface area contributed by atoms with Gasteiger partial charge in [-0.05, 0) is 37.1 Å².